The number of nitrogens with zero attached hydrogens (tertiary/aromatic N) is 2. The van der Waals surface area contributed by atoms with Gasteiger partial charge >= 0.3 is 0 Å². The molecule has 0 saturated carbocycles. The maximum atomic E-state index is 12.2. The summed E-state index contributed by atoms with van der Waals surface area (Å²) >= 11 is 0. The molecule has 2 aromatic rings. The molecule has 2 aromatic heterocycles. The summed E-state index contributed by atoms with van der Waals surface area (Å²) in [5.74, 6) is 0.277. The highest BCUT2D eigenvalue weighted by atomic mass is 16.1. The summed E-state index contributed by atoms with van der Waals surface area (Å²) in [6.07, 6.45) is 1.53. The van der Waals surface area contributed by atoms with Gasteiger partial charge in [0.1, 0.15) is 5.82 Å². The number of carbonyl (C=O) groups excluding carboxylic acids is 1. The summed E-state index contributed by atoms with van der Waals surface area (Å²) < 4.78 is 0. The molecule has 3 N–H and O–H groups in total. The third-order valence-electron chi connectivity index (χ3n) is 2.69. The molecule has 0 bridgehead atoms. The highest BCUT2D eigenvalue weighted by Crippen LogP contribution is 2.14. The van der Waals surface area contributed by atoms with Crippen molar-refractivity contribution in [2.75, 3.05) is 11.1 Å². The van der Waals surface area contributed by atoms with E-state index in [-0.39, 0.29) is 5.91 Å². The van der Waals surface area contributed by atoms with E-state index in [0.29, 0.717) is 22.8 Å². The number of rotatable bonds is 2. The zero-order valence-electron chi connectivity index (χ0n) is 11.2. The summed E-state index contributed by atoms with van der Waals surface area (Å²) in [5.41, 5.74) is 9.11. The van der Waals surface area contributed by atoms with E-state index in [4.69, 9.17) is 5.73 Å². The Bertz CT molecular complexity index is 617. The molecule has 1 amide bonds. The van der Waals surface area contributed by atoms with E-state index in [0.717, 1.165) is 11.3 Å². The number of nitrogens with two attached hydrogens (primary N) is 1. The molecule has 2 heterocycles. The van der Waals surface area contributed by atoms with E-state index in [1.54, 1.807) is 13.0 Å². The van der Waals surface area contributed by atoms with Crippen LogP contribution in [0.1, 0.15) is 27.3 Å². The first-order valence-electron chi connectivity index (χ1n) is 5.94. The summed E-state index contributed by atoms with van der Waals surface area (Å²) in [5, 5.41) is 2.76. The topological polar surface area (TPSA) is 80.9 Å². The quantitative estimate of drug-likeness (QED) is 0.863. The predicted octanol–water partition coefficient (Wildman–Crippen LogP) is 2.24. The van der Waals surface area contributed by atoms with Crippen molar-refractivity contribution in [3.05, 3.63) is 46.9 Å². The Kier molecular flexibility index (Phi) is 3.46. The molecule has 98 valence electrons. The van der Waals surface area contributed by atoms with Gasteiger partial charge in [-0.2, -0.15) is 0 Å². The number of aryl methyl sites for hydroxylation is 3. The van der Waals surface area contributed by atoms with Crippen molar-refractivity contribution in [3.8, 4) is 0 Å². The van der Waals surface area contributed by atoms with Crippen LogP contribution >= 0.6 is 0 Å². The molecular weight excluding hydrogens is 240 g/mol. The molecule has 19 heavy (non-hydrogen) atoms. The van der Waals surface area contributed by atoms with Gasteiger partial charge in [-0.25, -0.2) is 4.98 Å². The lowest BCUT2D eigenvalue weighted by Crippen LogP contribution is -2.15. The van der Waals surface area contributed by atoms with Gasteiger partial charge < -0.3 is 11.1 Å². The first-order chi connectivity index (χ1) is 8.95. The maximum Gasteiger partial charge on any atom is 0.258 e. The number of hydrogen-bond acceptors (Lipinski definition) is 4. The third-order valence-corrected chi connectivity index (χ3v) is 2.69. The third kappa shape index (κ3) is 3.07. The number of hydrogen-bond donors (Lipinski definition) is 2. The Labute approximate surface area is 111 Å². The maximum absolute atomic E-state index is 12.2. The Hall–Kier alpha value is -2.43. The smallest absolute Gasteiger partial charge is 0.258 e. The molecule has 5 heteroatoms. The normalized spacial score (nSPS) is 10.3. The summed E-state index contributed by atoms with van der Waals surface area (Å²) in [6, 6.07) is 5.38. The fourth-order valence-electron chi connectivity index (χ4n) is 1.87. The van der Waals surface area contributed by atoms with Gasteiger partial charge in [-0.15, -0.1) is 0 Å². The molecule has 0 aliphatic heterocycles. The SMILES string of the molecule is Cc1cc(C)nc(NC(=O)c2cc(N)cnc2C)c1. The van der Waals surface area contributed by atoms with E-state index in [9.17, 15) is 4.79 Å². The molecule has 0 spiro atoms. The molecule has 0 aliphatic carbocycles. The highest BCUT2D eigenvalue weighted by molar-refractivity contribution is 6.05. The standard InChI is InChI=1S/C14H16N4O/c1-8-4-9(2)17-13(5-8)18-14(19)12-6-11(15)7-16-10(12)3/h4-7H,15H2,1-3H3,(H,17,18,19). The van der Waals surface area contributed by atoms with Crippen LogP contribution in [0.5, 0.6) is 0 Å². The average Bonchev–Trinajstić information content (AvgIpc) is 2.30. The van der Waals surface area contributed by atoms with Crippen molar-refractivity contribution in [2.24, 2.45) is 0 Å². The second-order valence-electron chi connectivity index (χ2n) is 4.53. The number of carbonyl (C=O) groups is 1. The molecule has 0 saturated heterocycles. The van der Waals surface area contributed by atoms with E-state index in [1.165, 1.54) is 6.20 Å². The van der Waals surface area contributed by atoms with Crippen molar-refractivity contribution >= 4 is 17.4 Å². The van der Waals surface area contributed by atoms with Gasteiger partial charge in [0, 0.05) is 5.69 Å². The van der Waals surface area contributed by atoms with Crippen LogP contribution in [0.2, 0.25) is 0 Å². The van der Waals surface area contributed by atoms with Crippen LogP contribution in [0.4, 0.5) is 11.5 Å². The number of nitrogen functional groups attached to an aromatic ring is 1. The van der Waals surface area contributed by atoms with E-state index in [2.05, 4.69) is 15.3 Å². The Balaban J connectivity index is 2.28. The van der Waals surface area contributed by atoms with Gasteiger partial charge in [0.15, 0.2) is 0 Å². The first-order valence-corrected chi connectivity index (χ1v) is 5.94. The minimum Gasteiger partial charge on any atom is -0.397 e. The molecule has 2 rings (SSSR count). The Morgan fingerprint density at radius 3 is 2.63 bits per heavy atom. The minimum atomic E-state index is -0.255. The van der Waals surface area contributed by atoms with Crippen LogP contribution in [0, 0.1) is 20.8 Å². The van der Waals surface area contributed by atoms with Crippen molar-refractivity contribution in [2.45, 2.75) is 20.8 Å². The molecule has 0 aromatic carbocycles. The van der Waals surface area contributed by atoms with Crippen LogP contribution in [-0.2, 0) is 0 Å². The fourth-order valence-corrected chi connectivity index (χ4v) is 1.87. The van der Waals surface area contributed by atoms with Gasteiger partial charge in [-0.1, -0.05) is 0 Å². The second-order valence-corrected chi connectivity index (χ2v) is 4.53. The van der Waals surface area contributed by atoms with Crippen LogP contribution in [0.25, 0.3) is 0 Å². The molecule has 0 aliphatic rings. The van der Waals surface area contributed by atoms with Gasteiger partial charge in [0.05, 0.1) is 23.1 Å². The predicted molar refractivity (Wildman–Crippen MR) is 75.1 cm³/mol. The number of nitrogens with one attached hydrogen (secondary N) is 1. The average molecular weight is 256 g/mol. The van der Waals surface area contributed by atoms with Crippen LogP contribution in [0.3, 0.4) is 0 Å². The Morgan fingerprint density at radius 2 is 1.95 bits per heavy atom. The van der Waals surface area contributed by atoms with E-state index >= 15 is 0 Å². The monoisotopic (exact) mass is 256 g/mol. The number of amides is 1. The zero-order valence-corrected chi connectivity index (χ0v) is 11.2. The lowest BCUT2D eigenvalue weighted by Gasteiger charge is -2.08. The van der Waals surface area contributed by atoms with Crippen molar-refractivity contribution in [3.63, 3.8) is 0 Å². The molecule has 0 radical (unpaired) electrons. The molecule has 5 nitrogen and oxygen atoms in total. The number of pyridine rings is 2. The van der Waals surface area contributed by atoms with Gasteiger partial charge in [-0.05, 0) is 44.5 Å². The highest BCUT2D eigenvalue weighted by Gasteiger charge is 2.11. The summed E-state index contributed by atoms with van der Waals surface area (Å²) in [7, 11) is 0. The number of anilines is 2. The van der Waals surface area contributed by atoms with E-state index < -0.39 is 0 Å². The fraction of sp³-hybridized carbons (Fsp3) is 0.214. The molecule has 0 atom stereocenters. The van der Waals surface area contributed by atoms with Gasteiger partial charge in [0.2, 0.25) is 0 Å². The lowest BCUT2D eigenvalue weighted by molar-refractivity contribution is 0.102. The second kappa shape index (κ2) is 5.06. The minimum absolute atomic E-state index is 0.255. The van der Waals surface area contributed by atoms with Crippen molar-refractivity contribution < 1.29 is 4.79 Å². The van der Waals surface area contributed by atoms with E-state index in [1.807, 2.05) is 26.0 Å². The summed E-state index contributed by atoms with van der Waals surface area (Å²) in [6.45, 7) is 5.61. The first kappa shape index (κ1) is 13.0. The summed E-state index contributed by atoms with van der Waals surface area (Å²) in [4.78, 5) is 20.5. The van der Waals surface area contributed by atoms with Gasteiger partial charge in [0.25, 0.3) is 5.91 Å². The molecule has 0 fully saturated rings. The zero-order chi connectivity index (χ0) is 14.0. The lowest BCUT2D eigenvalue weighted by atomic mass is 10.1. The van der Waals surface area contributed by atoms with Crippen molar-refractivity contribution in [1.29, 1.82) is 0 Å². The largest absolute Gasteiger partial charge is 0.397 e. The number of aromatic nitrogens is 2. The van der Waals surface area contributed by atoms with Crippen LogP contribution in [0.15, 0.2) is 24.4 Å². The van der Waals surface area contributed by atoms with Crippen molar-refractivity contribution in [1.82, 2.24) is 9.97 Å². The van der Waals surface area contributed by atoms with Crippen LogP contribution in [-0.4, -0.2) is 15.9 Å². The van der Waals surface area contributed by atoms with Gasteiger partial charge in [-0.3, -0.25) is 9.78 Å². The molecule has 0 unspecified atom stereocenters. The van der Waals surface area contributed by atoms with Crippen LogP contribution < -0.4 is 11.1 Å². The Morgan fingerprint density at radius 1 is 1.21 bits per heavy atom. The molecular formula is C14H16N4O.